The molecule has 4 nitrogen and oxygen atoms in total. The van der Waals surface area contributed by atoms with Crippen LogP contribution in [0.3, 0.4) is 0 Å². The third-order valence-electron chi connectivity index (χ3n) is 3.32. The summed E-state index contributed by atoms with van der Waals surface area (Å²) < 4.78 is 0.928. The lowest BCUT2D eigenvalue weighted by atomic mass is 10.1. The Morgan fingerprint density at radius 3 is 2.53 bits per heavy atom. The lowest BCUT2D eigenvalue weighted by Crippen LogP contribution is -2.56. The van der Waals surface area contributed by atoms with E-state index in [1.807, 2.05) is 7.05 Å². The summed E-state index contributed by atoms with van der Waals surface area (Å²) in [7, 11) is 1.97. The van der Waals surface area contributed by atoms with Crippen LogP contribution >= 0.6 is 0 Å². The molecule has 1 rings (SSSR count). The topological polar surface area (TPSA) is 55.1 Å². The first-order valence-electron chi connectivity index (χ1n) is 5.96. The molecule has 1 aliphatic heterocycles. The average molecular weight is 214 g/mol. The molecule has 88 valence electrons. The molecule has 0 radical (unpaired) electrons. The number of primary amides is 1. The maximum Gasteiger partial charge on any atom is 0.272 e. The van der Waals surface area contributed by atoms with Crippen LogP contribution in [-0.4, -0.2) is 50.2 Å². The summed E-state index contributed by atoms with van der Waals surface area (Å²) in [6.45, 7) is 4.91. The molecular weight excluding hydrogens is 190 g/mol. The molecule has 0 unspecified atom stereocenters. The second-order valence-electron chi connectivity index (χ2n) is 4.65. The molecule has 0 saturated carbocycles. The highest BCUT2D eigenvalue weighted by molar-refractivity contribution is 5.74. The molecule has 1 saturated heterocycles. The molecule has 0 aromatic heterocycles. The molecule has 0 aliphatic carbocycles. The maximum atomic E-state index is 11.1. The molecule has 15 heavy (non-hydrogen) atoms. The van der Waals surface area contributed by atoms with Gasteiger partial charge in [-0.1, -0.05) is 0 Å². The number of quaternary nitrogens is 1. The van der Waals surface area contributed by atoms with E-state index in [1.165, 1.54) is 19.3 Å². The van der Waals surface area contributed by atoms with Crippen LogP contribution in [0.2, 0.25) is 0 Å². The Hall–Kier alpha value is -0.610. The molecule has 3 N–H and O–H groups in total. The Labute approximate surface area is 92.4 Å². The van der Waals surface area contributed by atoms with E-state index in [0.29, 0.717) is 6.54 Å². The highest BCUT2D eigenvalue weighted by atomic mass is 16.1. The number of hydrogen-bond donors (Lipinski definition) is 2. The number of piperidine rings is 1. The minimum Gasteiger partial charge on any atom is -0.365 e. The second kappa shape index (κ2) is 6.08. The zero-order valence-corrected chi connectivity index (χ0v) is 9.80. The van der Waals surface area contributed by atoms with Gasteiger partial charge in [0.25, 0.3) is 5.91 Å². The van der Waals surface area contributed by atoms with E-state index < -0.39 is 0 Å². The number of rotatable bonds is 6. The third kappa shape index (κ3) is 4.18. The molecule has 1 heterocycles. The van der Waals surface area contributed by atoms with Crippen LogP contribution in [-0.2, 0) is 4.79 Å². The predicted octanol–water partition coefficient (Wildman–Crippen LogP) is 0.0819. The van der Waals surface area contributed by atoms with Crippen molar-refractivity contribution in [3.63, 3.8) is 0 Å². The van der Waals surface area contributed by atoms with E-state index >= 15 is 0 Å². The van der Waals surface area contributed by atoms with Crippen LogP contribution in [0.4, 0.5) is 0 Å². The molecule has 0 aromatic carbocycles. The number of hydrogen-bond acceptors (Lipinski definition) is 2. The number of nitrogens with two attached hydrogens (primary N) is 1. The summed E-state index contributed by atoms with van der Waals surface area (Å²) in [5.41, 5.74) is 5.34. The minimum atomic E-state index is -0.152. The first-order chi connectivity index (χ1) is 7.18. The van der Waals surface area contributed by atoms with Crippen LogP contribution in [0.25, 0.3) is 0 Å². The van der Waals surface area contributed by atoms with Gasteiger partial charge in [-0.3, -0.25) is 4.79 Å². The van der Waals surface area contributed by atoms with Gasteiger partial charge in [-0.15, -0.1) is 0 Å². The molecule has 4 heteroatoms. The zero-order valence-electron chi connectivity index (χ0n) is 9.80. The van der Waals surface area contributed by atoms with Crippen molar-refractivity contribution in [1.82, 2.24) is 5.32 Å². The lowest BCUT2D eigenvalue weighted by molar-refractivity contribution is -0.925. The average Bonchev–Trinajstić information content (AvgIpc) is 2.18. The zero-order chi connectivity index (χ0) is 11.1. The van der Waals surface area contributed by atoms with Crippen LogP contribution in [0.15, 0.2) is 0 Å². The summed E-state index contributed by atoms with van der Waals surface area (Å²) in [4.78, 5) is 11.1. The highest BCUT2D eigenvalue weighted by Crippen LogP contribution is 2.18. The van der Waals surface area contributed by atoms with Gasteiger partial charge in [-0.05, 0) is 26.3 Å². The van der Waals surface area contributed by atoms with Crippen LogP contribution in [0.5, 0.6) is 0 Å². The van der Waals surface area contributed by atoms with E-state index in [4.69, 9.17) is 5.73 Å². The van der Waals surface area contributed by atoms with Gasteiger partial charge in [-0.25, -0.2) is 0 Å². The smallest absolute Gasteiger partial charge is 0.272 e. The van der Waals surface area contributed by atoms with Crippen molar-refractivity contribution in [2.24, 2.45) is 5.73 Å². The Morgan fingerprint density at radius 1 is 1.33 bits per heavy atom. The van der Waals surface area contributed by atoms with Crippen molar-refractivity contribution in [3.8, 4) is 0 Å². The lowest BCUT2D eigenvalue weighted by Gasteiger charge is -2.40. The predicted molar refractivity (Wildman–Crippen MR) is 61.3 cm³/mol. The van der Waals surface area contributed by atoms with Gasteiger partial charge in [0, 0.05) is 13.0 Å². The molecule has 0 spiro atoms. The fourth-order valence-corrected chi connectivity index (χ4v) is 2.57. The minimum absolute atomic E-state index is 0.152. The number of amides is 1. The van der Waals surface area contributed by atoms with Crippen molar-refractivity contribution in [2.75, 3.05) is 39.8 Å². The Bertz CT molecular complexity index is 200. The fourth-order valence-electron chi connectivity index (χ4n) is 2.57. The number of carbonyl (C=O) groups is 1. The Morgan fingerprint density at radius 2 is 2.00 bits per heavy atom. The first kappa shape index (κ1) is 12.5. The SMILES string of the molecule is CNCCC[N+]1(CC(N)=O)CCCCC1. The normalized spacial score (nSPS) is 20.1. The summed E-state index contributed by atoms with van der Waals surface area (Å²) in [5.74, 6) is -0.152. The summed E-state index contributed by atoms with van der Waals surface area (Å²) in [5, 5.41) is 3.15. The summed E-state index contributed by atoms with van der Waals surface area (Å²) >= 11 is 0. The van der Waals surface area contributed by atoms with Gasteiger partial charge in [0.2, 0.25) is 0 Å². The van der Waals surface area contributed by atoms with E-state index in [1.54, 1.807) is 0 Å². The molecular formula is C11H24N3O+. The fraction of sp³-hybridized carbons (Fsp3) is 0.909. The van der Waals surface area contributed by atoms with Gasteiger partial charge in [0.15, 0.2) is 6.54 Å². The van der Waals surface area contributed by atoms with Gasteiger partial charge in [0.1, 0.15) is 0 Å². The standard InChI is InChI=1S/C11H23N3O/c1-13-6-5-9-14(10-11(12)15)7-3-2-4-8-14/h13H,2-10H2,1H3,(H-,12,15)/p+1. The van der Waals surface area contributed by atoms with Crippen molar-refractivity contribution < 1.29 is 9.28 Å². The quantitative estimate of drug-likeness (QED) is 0.486. The first-order valence-corrected chi connectivity index (χ1v) is 5.96. The van der Waals surface area contributed by atoms with Crippen LogP contribution in [0, 0.1) is 0 Å². The van der Waals surface area contributed by atoms with Crippen LogP contribution < -0.4 is 11.1 Å². The summed E-state index contributed by atoms with van der Waals surface area (Å²) in [6.07, 6.45) is 4.92. The molecule has 1 fully saturated rings. The molecule has 0 atom stereocenters. The Balaban J connectivity index is 2.46. The van der Waals surface area contributed by atoms with E-state index in [0.717, 1.165) is 37.1 Å². The monoisotopic (exact) mass is 214 g/mol. The van der Waals surface area contributed by atoms with E-state index in [9.17, 15) is 4.79 Å². The van der Waals surface area contributed by atoms with Crippen LogP contribution in [0.1, 0.15) is 25.7 Å². The van der Waals surface area contributed by atoms with E-state index in [-0.39, 0.29) is 5.91 Å². The number of nitrogens with one attached hydrogen (secondary N) is 1. The van der Waals surface area contributed by atoms with Gasteiger partial charge in [0.05, 0.1) is 19.6 Å². The van der Waals surface area contributed by atoms with Gasteiger partial charge < -0.3 is 15.5 Å². The second-order valence-corrected chi connectivity index (χ2v) is 4.65. The molecule has 1 amide bonds. The number of likely N-dealkylation sites (tertiary alicyclic amines) is 1. The molecule has 1 aliphatic rings. The van der Waals surface area contributed by atoms with Crippen molar-refractivity contribution >= 4 is 5.91 Å². The third-order valence-corrected chi connectivity index (χ3v) is 3.32. The molecule has 0 aromatic rings. The largest absolute Gasteiger partial charge is 0.365 e. The number of carbonyl (C=O) groups excluding carboxylic acids is 1. The highest BCUT2D eigenvalue weighted by Gasteiger charge is 2.30. The van der Waals surface area contributed by atoms with E-state index in [2.05, 4.69) is 5.32 Å². The van der Waals surface area contributed by atoms with Crippen molar-refractivity contribution in [2.45, 2.75) is 25.7 Å². The number of nitrogens with zero attached hydrogens (tertiary/aromatic N) is 1. The van der Waals surface area contributed by atoms with Gasteiger partial charge in [-0.2, -0.15) is 0 Å². The summed E-state index contributed by atoms with van der Waals surface area (Å²) in [6, 6.07) is 0. The van der Waals surface area contributed by atoms with Crippen molar-refractivity contribution in [1.29, 1.82) is 0 Å². The maximum absolute atomic E-state index is 11.1. The van der Waals surface area contributed by atoms with Crippen molar-refractivity contribution in [3.05, 3.63) is 0 Å². The Kier molecular flexibility index (Phi) is 5.05. The van der Waals surface area contributed by atoms with Gasteiger partial charge >= 0.3 is 0 Å². The molecule has 0 bridgehead atoms.